The van der Waals surface area contributed by atoms with Crippen LogP contribution in [0.25, 0.3) is 10.8 Å². The molecule has 0 saturated heterocycles. The molecule has 0 fully saturated rings. The molecule has 0 amide bonds. The summed E-state index contributed by atoms with van der Waals surface area (Å²) in [4.78, 5) is 0. The molecular formula is C19H17BrO. The van der Waals surface area contributed by atoms with Gasteiger partial charge in [0.05, 0.1) is 0 Å². The zero-order chi connectivity index (χ0) is 15.0. The zero-order valence-electron chi connectivity index (χ0n) is 12.1. The summed E-state index contributed by atoms with van der Waals surface area (Å²) in [5, 5.41) is 13.0. The molecule has 0 aliphatic heterocycles. The quantitative estimate of drug-likeness (QED) is 0.670. The second-order valence-electron chi connectivity index (χ2n) is 5.51. The summed E-state index contributed by atoms with van der Waals surface area (Å²) in [7, 11) is 0. The number of aliphatic hydroxyl groups is 1. The molecule has 106 valence electrons. The first kappa shape index (κ1) is 14.3. The van der Waals surface area contributed by atoms with Gasteiger partial charge in [-0.25, -0.2) is 0 Å². The third-order valence-electron chi connectivity index (χ3n) is 3.86. The number of aliphatic hydroxyl groups excluding tert-OH is 1. The second-order valence-corrected chi connectivity index (χ2v) is 6.43. The van der Waals surface area contributed by atoms with Gasteiger partial charge in [-0.3, -0.25) is 0 Å². The normalized spacial score (nSPS) is 12.6. The smallest absolute Gasteiger partial charge is 0.104 e. The minimum Gasteiger partial charge on any atom is -0.384 e. The number of hydrogen-bond donors (Lipinski definition) is 1. The number of hydrogen-bond acceptors (Lipinski definition) is 1. The molecule has 3 aromatic carbocycles. The summed E-state index contributed by atoms with van der Waals surface area (Å²) in [6.45, 7) is 4.11. The van der Waals surface area contributed by atoms with Crippen LogP contribution in [0, 0.1) is 13.8 Å². The Morgan fingerprint density at radius 3 is 2.33 bits per heavy atom. The highest BCUT2D eigenvalue weighted by atomic mass is 79.9. The molecule has 0 heterocycles. The fourth-order valence-electron chi connectivity index (χ4n) is 2.72. The summed E-state index contributed by atoms with van der Waals surface area (Å²) in [6.07, 6.45) is -0.585. The molecule has 21 heavy (non-hydrogen) atoms. The maximum atomic E-state index is 10.7. The van der Waals surface area contributed by atoms with E-state index in [1.807, 2.05) is 31.2 Å². The number of fused-ring (bicyclic) bond motifs is 1. The molecule has 0 aliphatic rings. The van der Waals surface area contributed by atoms with Crippen molar-refractivity contribution >= 4 is 26.7 Å². The van der Waals surface area contributed by atoms with Crippen LogP contribution in [0.4, 0.5) is 0 Å². The van der Waals surface area contributed by atoms with E-state index in [4.69, 9.17) is 0 Å². The van der Waals surface area contributed by atoms with Gasteiger partial charge in [-0.1, -0.05) is 57.9 Å². The second kappa shape index (κ2) is 5.63. The molecule has 0 aliphatic carbocycles. The van der Waals surface area contributed by atoms with E-state index in [1.165, 1.54) is 10.9 Å². The Labute approximate surface area is 133 Å². The third-order valence-corrected chi connectivity index (χ3v) is 4.36. The van der Waals surface area contributed by atoms with Gasteiger partial charge in [0.1, 0.15) is 6.10 Å². The molecule has 1 nitrogen and oxygen atoms in total. The lowest BCUT2D eigenvalue weighted by Crippen LogP contribution is -2.02. The minimum absolute atomic E-state index is 0.585. The van der Waals surface area contributed by atoms with Crippen molar-refractivity contribution in [3.05, 3.63) is 81.3 Å². The maximum absolute atomic E-state index is 10.7. The van der Waals surface area contributed by atoms with E-state index < -0.39 is 6.10 Å². The number of aryl methyl sites for hydroxylation is 2. The molecule has 0 saturated carbocycles. The maximum Gasteiger partial charge on any atom is 0.104 e. The Balaban J connectivity index is 2.04. The summed E-state index contributed by atoms with van der Waals surface area (Å²) < 4.78 is 1.07. The highest BCUT2D eigenvalue weighted by Gasteiger charge is 2.13. The summed E-state index contributed by atoms with van der Waals surface area (Å²) >= 11 is 3.48. The van der Waals surface area contributed by atoms with Gasteiger partial charge in [0.25, 0.3) is 0 Å². The standard InChI is InChI=1S/C19H17BrO/c1-12-3-8-18(13(2)9-12)19(21)16-5-4-15-11-17(20)7-6-14(15)10-16/h3-11,19,21H,1-2H3. The summed E-state index contributed by atoms with van der Waals surface area (Å²) in [5.41, 5.74) is 4.24. The molecule has 3 aromatic rings. The molecule has 1 atom stereocenters. The lowest BCUT2D eigenvalue weighted by atomic mass is 9.95. The van der Waals surface area contributed by atoms with Gasteiger partial charge >= 0.3 is 0 Å². The summed E-state index contributed by atoms with van der Waals surface area (Å²) in [5.74, 6) is 0. The molecule has 3 rings (SSSR count). The van der Waals surface area contributed by atoms with Gasteiger partial charge in [0.15, 0.2) is 0 Å². The van der Waals surface area contributed by atoms with Crippen molar-refractivity contribution in [2.24, 2.45) is 0 Å². The Hall–Kier alpha value is -1.64. The van der Waals surface area contributed by atoms with Crippen molar-refractivity contribution in [1.29, 1.82) is 0 Å². The molecule has 0 bridgehead atoms. The van der Waals surface area contributed by atoms with Crippen LogP contribution in [0.1, 0.15) is 28.4 Å². The molecular weight excluding hydrogens is 324 g/mol. The van der Waals surface area contributed by atoms with Gasteiger partial charge in [-0.05, 0) is 59.5 Å². The summed E-state index contributed by atoms with van der Waals surface area (Å²) in [6, 6.07) is 18.5. The van der Waals surface area contributed by atoms with E-state index in [0.29, 0.717) is 0 Å². The van der Waals surface area contributed by atoms with Gasteiger partial charge in [0.2, 0.25) is 0 Å². The minimum atomic E-state index is -0.585. The first-order valence-corrected chi connectivity index (χ1v) is 7.78. The van der Waals surface area contributed by atoms with Crippen LogP contribution in [0.5, 0.6) is 0 Å². The number of benzene rings is 3. The van der Waals surface area contributed by atoms with Crippen molar-refractivity contribution in [2.75, 3.05) is 0 Å². The van der Waals surface area contributed by atoms with Crippen molar-refractivity contribution in [2.45, 2.75) is 20.0 Å². The first-order valence-electron chi connectivity index (χ1n) is 6.99. The Kier molecular flexibility index (Phi) is 3.83. The van der Waals surface area contributed by atoms with Crippen molar-refractivity contribution in [3.8, 4) is 0 Å². The van der Waals surface area contributed by atoms with Gasteiger partial charge < -0.3 is 5.11 Å². The van der Waals surface area contributed by atoms with E-state index in [2.05, 4.69) is 53.2 Å². The van der Waals surface area contributed by atoms with Crippen molar-refractivity contribution in [1.82, 2.24) is 0 Å². The number of halogens is 1. The Morgan fingerprint density at radius 2 is 1.57 bits per heavy atom. The van der Waals surface area contributed by atoms with E-state index >= 15 is 0 Å². The topological polar surface area (TPSA) is 20.2 Å². The average Bonchev–Trinajstić information content (AvgIpc) is 2.46. The lowest BCUT2D eigenvalue weighted by molar-refractivity contribution is 0.219. The average molecular weight is 341 g/mol. The number of rotatable bonds is 2. The lowest BCUT2D eigenvalue weighted by Gasteiger charge is -2.15. The Bertz CT molecular complexity index is 808. The van der Waals surface area contributed by atoms with Crippen LogP contribution < -0.4 is 0 Å². The van der Waals surface area contributed by atoms with Crippen molar-refractivity contribution in [3.63, 3.8) is 0 Å². The van der Waals surface area contributed by atoms with Gasteiger partial charge in [-0.15, -0.1) is 0 Å². The largest absolute Gasteiger partial charge is 0.384 e. The van der Waals surface area contributed by atoms with Crippen molar-refractivity contribution < 1.29 is 5.11 Å². The third kappa shape index (κ3) is 2.87. The fourth-order valence-corrected chi connectivity index (χ4v) is 3.10. The van der Waals surface area contributed by atoms with E-state index in [-0.39, 0.29) is 0 Å². The SMILES string of the molecule is Cc1ccc(C(O)c2ccc3cc(Br)ccc3c2)c(C)c1. The van der Waals surface area contributed by atoms with E-state index in [1.54, 1.807) is 0 Å². The predicted molar refractivity (Wildman–Crippen MR) is 91.6 cm³/mol. The highest BCUT2D eigenvalue weighted by molar-refractivity contribution is 9.10. The van der Waals surface area contributed by atoms with Crippen LogP contribution in [-0.4, -0.2) is 5.11 Å². The van der Waals surface area contributed by atoms with Gasteiger partial charge in [0, 0.05) is 4.47 Å². The van der Waals surface area contributed by atoms with Crippen LogP contribution >= 0.6 is 15.9 Å². The fraction of sp³-hybridized carbons (Fsp3) is 0.158. The molecule has 0 radical (unpaired) electrons. The Morgan fingerprint density at radius 1 is 0.857 bits per heavy atom. The molecule has 1 N–H and O–H groups in total. The first-order chi connectivity index (χ1) is 10.0. The molecule has 0 spiro atoms. The monoisotopic (exact) mass is 340 g/mol. The predicted octanol–water partition coefficient (Wildman–Crippen LogP) is 5.30. The van der Waals surface area contributed by atoms with Crippen LogP contribution in [-0.2, 0) is 0 Å². The molecule has 1 unspecified atom stereocenters. The van der Waals surface area contributed by atoms with Crippen LogP contribution in [0.2, 0.25) is 0 Å². The van der Waals surface area contributed by atoms with E-state index in [9.17, 15) is 5.11 Å². The van der Waals surface area contributed by atoms with E-state index in [0.717, 1.165) is 26.5 Å². The molecule has 0 aromatic heterocycles. The zero-order valence-corrected chi connectivity index (χ0v) is 13.7. The van der Waals surface area contributed by atoms with Crippen LogP contribution in [0.15, 0.2) is 59.1 Å². The molecule has 2 heteroatoms. The van der Waals surface area contributed by atoms with Gasteiger partial charge in [-0.2, -0.15) is 0 Å². The van der Waals surface area contributed by atoms with Crippen LogP contribution in [0.3, 0.4) is 0 Å². The highest BCUT2D eigenvalue weighted by Crippen LogP contribution is 2.29.